The fourth-order valence-electron chi connectivity index (χ4n) is 1.34. The van der Waals surface area contributed by atoms with E-state index in [1.54, 1.807) is 18.6 Å². The zero-order valence-corrected chi connectivity index (χ0v) is 11.7. The minimum atomic E-state index is 0.279. The molecule has 2 rings (SSSR count). The molecule has 2 aromatic heterocycles. The summed E-state index contributed by atoms with van der Waals surface area (Å²) >= 11 is 8.21. The molecule has 2 aromatic rings. The van der Waals surface area contributed by atoms with Gasteiger partial charge in [-0.3, -0.25) is 9.97 Å². The van der Waals surface area contributed by atoms with Crippen LogP contribution in [0.1, 0.15) is 11.3 Å². The zero-order valence-electron chi connectivity index (χ0n) is 9.34. The minimum Gasteiger partial charge on any atom is -0.487 e. The molecule has 0 spiro atoms. The summed E-state index contributed by atoms with van der Waals surface area (Å²) in [6, 6.07) is 5.52. The van der Waals surface area contributed by atoms with Gasteiger partial charge in [-0.05, 0) is 39.7 Å². The van der Waals surface area contributed by atoms with Crippen LogP contribution < -0.4 is 10.5 Å². The number of thiocarbonyl (C=S) groups is 1. The van der Waals surface area contributed by atoms with Crippen LogP contribution in [-0.2, 0) is 6.61 Å². The van der Waals surface area contributed by atoms with Crippen molar-refractivity contribution in [2.75, 3.05) is 0 Å². The predicted molar refractivity (Wildman–Crippen MR) is 76.4 cm³/mol. The third-order valence-electron chi connectivity index (χ3n) is 2.16. The highest BCUT2D eigenvalue weighted by molar-refractivity contribution is 9.10. The van der Waals surface area contributed by atoms with Crippen LogP contribution in [0.2, 0.25) is 0 Å². The SMILES string of the molecule is NC(=S)c1cc(COc2cncc(Br)c2)ccn1. The van der Waals surface area contributed by atoms with Gasteiger partial charge in [0.2, 0.25) is 0 Å². The van der Waals surface area contributed by atoms with Crippen LogP contribution in [0.3, 0.4) is 0 Å². The second-order valence-electron chi connectivity index (χ2n) is 3.54. The zero-order chi connectivity index (χ0) is 13.0. The molecule has 0 saturated heterocycles. The maximum atomic E-state index is 5.60. The molecule has 0 aliphatic carbocycles. The van der Waals surface area contributed by atoms with Crippen molar-refractivity contribution in [3.05, 3.63) is 52.5 Å². The smallest absolute Gasteiger partial charge is 0.139 e. The molecular weight excluding hydrogens is 314 g/mol. The predicted octanol–water partition coefficient (Wildman–Crippen LogP) is 2.45. The number of aromatic nitrogens is 2. The summed E-state index contributed by atoms with van der Waals surface area (Å²) in [6.07, 6.45) is 5.01. The molecule has 2 N–H and O–H groups in total. The Balaban J connectivity index is 2.06. The van der Waals surface area contributed by atoms with E-state index in [1.807, 2.05) is 18.2 Å². The quantitative estimate of drug-likeness (QED) is 0.876. The first-order chi connectivity index (χ1) is 8.65. The monoisotopic (exact) mass is 323 g/mol. The third kappa shape index (κ3) is 3.48. The molecule has 0 aliphatic rings. The van der Waals surface area contributed by atoms with E-state index in [-0.39, 0.29) is 4.99 Å². The van der Waals surface area contributed by atoms with Gasteiger partial charge in [-0.15, -0.1) is 0 Å². The van der Waals surface area contributed by atoms with Crippen LogP contribution in [0.4, 0.5) is 0 Å². The summed E-state index contributed by atoms with van der Waals surface area (Å²) in [4.78, 5) is 8.36. The van der Waals surface area contributed by atoms with Crippen molar-refractivity contribution in [1.29, 1.82) is 0 Å². The molecule has 2 heterocycles. The van der Waals surface area contributed by atoms with Crippen molar-refractivity contribution in [1.82, 2.24) is 9.97 Å². The van der Waals surface area contributed by atoms with Gasteiger partial charge in [-0.1, -0.05) is 12.2 Å². The number of halogens is 1. The van der Waals surface area contributed by atoms with Gasteiger partial charge in [-0.2, -0.15) is 0 Å². The van der Waals surface area contributed by atoms with Crippen molar-refractivity contribution in [3.8, 4) is 5.75 Å². The third-order valence-corrected chi connectivity index (χ3v) is 2.80. The molecule has 18 heavy (non-hydrogen) atoms. The molecule has 92 valence electrons. The summed E-state index contributed by atoms with van der Waals surface area (Å²) in [5.74, 6) is 0.693. The first kappa shape index (κ1) is 12.9. The molecule has 0 atom stereocenters. The molecular formula is C12H10BrN3OS. The van der Waals surface area contributed by atoms with Gasteiger partial charge in [-0.25, -0.2) is 0 Å². The first-order valence-corrected chi connectivity index (χ1v) is 6.33. The van der Waals surface area contributed by atoms with Crippen LogP contribution in [0, 0.1) is 0 Å². The molecule has 0 unspecified atom stereocenters. The number of nitrogens with zero attached hydrogens (tertiary/aromatic N) is 2. The van der Waals surface area contributed by atoms with E-state index in [4.69, 9.17) is 22.7 Å². The Morgan fingerprint density at radius 2 is 2.22 bits per heavy atom. The molecule has 0 radical (unpaired) electrons. The van der Waals surface area contributed by atoms with E-state index in [9.17, 15) is 0 Å². The standard InChI is InChI=1S/C12H10BrN3OS/c13-9-4-10(6-15-5-9)17-7-8-1-2-16-11(3-8)12(14)18/h1-6H,7H2,(H2,14,18). The molecule has 0 saturated carbocycles. The number of hydrogen-bond acceptors (Lipinski definition) is 4. The first-order valence-electron chi connectivity index (χ1n) is 5.13. The lowest BCUT2D eigenvalue weighted by molar-refractivity contribution is 0.304. The van der Waals surface area contributed by atoms with Crippen LogP contribution >= 0.6 is 28.1 Å². The maximum absolute atomic E-state index is 5.60. The fourth-order valence-corrected chi connectivity index (χ4v) is 1.79. The number of ether oxygens (including phenoxy) is 1. The minimum absolute atomic E-state index is 0.279. The topological polar surface area (TPSA) is 61.0 Å². The second kappa shape index (κ2) is 5.88. The number of rotatable bonds is 4. The lowest BCUT2D eigenvalue weighted by Gasteiger charge is -2.07. The molecule has 0 bridgehead atoms. The Hall–Kier alpha value is -1.53. The number of nitrogens with two attached hydrogens (primary N) is 1. The molecule has 0 amide bonds. The summed E-state index contributed by atoms with van der Waals surface area (Å²) < 4.78 is 6.48. The summed E-state index contributed by atoms with van der Waals surface area (Å²) in [7, 11) is 0. The van der Waals surface area contributed by atoms with Crippen LogP contribution in [0.5, 0.6) is 5.75 Å². The maximum Gasteiger partial charge on any atom is 0.139 e. The van der Waals surface area contributed by atoms with E-state index < -0.39 is 0 Å². The van der Waals surface area contributed by atoms with Crippen LogP contribution in [0.25, 0.3) is 0 Å². The number of pyridine rings is 2. The van der Waals surface area contributed by atoms with Crippen LogP contribution in [0.15, 0.2) is 41.3 Å². The van der Waals surface area contributed by atoms with E-state index in [2.05, 4.69) is 25.9 Å². The van der Waals surface area contributed by atoms with Crippen molar-refractivity contribution in [2.24, 2.45) is 5.73 Å². The largest absolute Gasteiger partial charge is 0.487 e. The highest BCUT2D eigenvalue weighted by Crippen LogP contribution is 2.17. The van der Waals surface area contributed by atoms with Gasteiger partial charge in [0.25, 0.3) is 0 Å². The lowest BCUT2D eigenvalue weighted by Crippen LogP contribution is -2.12. The normalized spacial score (nSPS) is 10.1. The molecule has 0 fully saturated rings. The van der Waals surface area contributed by atoms with E-state index in [0.717, 1.165) is 10.0 Å². The van der Waals surface area contributed by atoms with Crippen molar-refractivity contribution >= 4 is 33.1 Å². The second-order valence-corrected chi connectivity index (χ2v) is 4.90. The molecule has 6 heteroatoms. The Labute approximate surface area is 118 Å². The van der Waals surface area contributed by atoms with Gasteiger partial charge >= 0.3 is 0 Å². The van der Waals surface area contributed by atoms with Gasteiger partial charge in [0.15, 0.2) is 0 Å². The Bertz CT molecular complexity index is 577. The Morgan fingerprint density at radius 3 is 2.94 bits per heavy atom. The number of hydrogen-bond donors (Lipinski definition) is 1. The fraction of sp³-hybridized carbons (Fsp3) is 0.0833. The Kier molecular flexibility index (Phi) is 4.22. The molecule has 4 nitrogen and oxygen atoms in total. The van der Waals surface area contributed by atoms with Crippen molar-refractivity contribution in [2.45, 2.75) is 6.61 Å². The summed E-state index contributed by atoms with van der Waals surface area (Å²) in [5, 5.41) is 0. The van der Waals surface area contributed by atoms with Gasteiger partial charge in [0.1, 0.15) is 17.3 Å². The highest BCUT2D eigenvalue weighted by Gasteiger charge is 2.01. The lowest BCUT2D eigenvalue weighted by atomic mass is 10.2. The molecule has 0 aliphatic heterocycles. The van der Waals surface area contributed by atoms with Crippen molar-refractivity contribution < 1.29 is 4.74 Å². The van der Waals surface area contributed by atoms with Crippen LogP contribution in [-0.4, -0.2) is 15.0 Å². The highest BCUT2D eigenvalue weighted by atomic mass is 79.9. The van der Waals surface area contributed by atoms with E-state index in [0.29, 0.717) is 18.1 Å². The van der Waals surface area contributed by atoms with E-state index >= 15 is 0 Å². The average Bonchev–Trinajstić information content (AvgIpc) is 2.37. The van der Waals surface area contributed by atoms with Gasteiger partial charge < -0.3 is 10.5 Å². The van der Waals surface area contributed by atoms with E-state index in [1.165, 1.54) is 0 Å². The van der Waals surface area contributed by atoms with Gasteiger partial charge in [0, 0.05) is 16.9 Å². The van der Waals surface area contributed by atoms with Gasteiger partial charge in [0.05, 0.1) is 11.9 Å². The van der Waals surface area contributed by atoms with Crippen molar-refractivity contribution in [3.63, 3.8) is 0 Å². The average molecular weight is 324 g/mol. The Morgan fingerprint density at radius 1 is 1.39 bits per heavy atom. The summed E-state index contributed by atoms with van der Waals surface area (Å²) in [6.45, 7) is 0.413. The molecule has 0 aromatic carbocycles. The summed E-state index contributed by atoms with van der Waals surface area (Å²) in [5.41, 5.74) is 7.07.